The maximum Gasteiger partial charge on any atom is 0.0693 e. The van der Waals surface area contributed by atoms with Gasteiger partial charge in [-0.1, -0.05) is 48.8 Å². The normalized spacial score (nSPS) is 26.0. The molecule has 2 heteroatoms. The Morgan fingerprint density at radius 2 is 2.33 bits per heavy atom. The average Bonchev–Trinajstić information content (AvgIpc) is 2.56. The van der Waals surface area contributed by atoms with Crippen LogP contribution in [0.4, 0.5) is 0 Å². The second kappa shape index (κ2) is 6.19. The van der Waals surface area contributed by atoms with E-state index >= 15 is 0 Å². The minimum absolute atomic E-state index is 0.572. The number of ether oxygens (including phenoxy) is 1. The molecule has 0 spiro atoms. The van der Waals surface area contributed by atoms with E-state index in [-0.39, 0.29) is 0 Å². The average molecular weight is 282 g/mol. The second-order valence-corrected chi connectivity index (χ2v) is 5.16. The quantitative estimate of drug-likeness (QED) is 0.425. The Bertz CT molecular complexity index is 110. The molecule has 0 radical (unpaired) electrons. The summed E-state index contributed by atoms with van der Waals surface area (Å²) in [6.07, 6.45) is 8.57. The van der Waals surface area contributed by atoms with Gasteiger partial charge in [-0.2, -0.15) is 0 Å². The van der Waals surface area contributed by atoms with Crippen LogP contribution in [0.15, 0.2) is 0 Å². The predicted octanol–water partition coefficient (Wildman–Crippen LogP) is 3.55. The van der Waals surface area contributed by atoms with Gasteiger partial charge < -0.3 is 4.74 Å². The van der Waals surface area contributed by atoms with Crippen molar-refractivity contribution in [2.45, 2.75) is 55.5 Å². The SMILES string of the molecule is CCCCC[C@H](I)[C@@H]1CCCO1. The molecule has 1 aliphatic heterocycles. The van der Waals surface area contributed by atoms with E-state index in [1.54, 1.807) is 0 Å². The highest BCUT2D eigenvalue weighted by Crippen LogP contribution is 2.25. The third-order valence-electron chi connectivity index (χ3n) is 2.45. The van der Waals surface area contributed by atoms with Gasteiger partial charge in [-0.15, -0.1) is 0 Å². The van der Waals surface area contributed by atoms with Crippen LogP contribution in [-0.4, -0.2) is 16.6 Å². The fourth-order valence-electron chi connectivity index (χ4n) is 1.66. The summed E-state index contributed by atoms with van der Waals surface area (Å²) in [4.78, 5) is 0. The van der Waals surface area contributed by atoms with Gasteiger partial charge in [0.25, 0.3) is 0 Å². The Morgan fingerprint density at radius 1 is 1.50 bits per heavy atom. The van der Waals surface area contributed by atoms with Gasteiger partial charge in [0.1, 0.15) is 0 Å². The Labute approximate surface area is 89.4 Å². The first-order chi connectivity index (χ1) is 5.84. The number of hydrogen-bond acceptors (Lipinski definition) is 1. The Balaban J connectivity index is 2.05. The minimum atomic E-state index is 0.572. The van der Waals surface area contributed by atoms with Crippen LogP contribution in [0.25, 0.3) is 0 Å². The van der Waals surface area contributed by atoms with Crippen molar-refractivity contribution in [3.63, 3.8) is 0 Å². The van der Waals surface area contributed by atoms with Gasteiger partial charge in [0.15, 0.2) is 0 Å². The number of alkyl halides is 1. The smallest absolute Gasteiger partial charge is 0.0693 e. The van der Waals surface area contributed by atoms with Crippen molar-refractivity contribution in [2.24, 2.45) is 0 Å². The van der Waals surface area contributed by atoms with E-state index in [1.165, 1.54) is 38.5 Å². The van der Waals surface area contributed by atoms with Crippen LogP contribution < -0.4 is 0 Å². The van der Waals surface area contributed by atoms with E-state index < -0.39 is 0 Å². The fourth-order valence-corrected chi connectivity index (χ4v) is 2.67. The zero-order valence-electron chi connectivity index (χ0n) is 7.89. The molecule has 0 amide bonds. The van der Waals surface area contributed by atoms with Crippen LogP contribution in [0.3, 0.4) is 0 Å². The van der Waals surface area contributed by atoms with Crippen LogP contribution in [0.5, 0.6) is 0 Å². The van der Waals surface area contributed by atoms with Crippen molar-refractivity contribution < 1.29 is 4.74 Å². The summed E-state index contributed by atoms with van der Waals surface area (Å²) in [7, 11) is 0. The molecule has 1 aliphatic rings. The number of rotatable bonds is 5. The van der Waals surface area contributed by atoms with Gasteiger partial charge in [-0.3, -0.25) is 0 Å². The summed E-state index contributed by atoms with van der Waals surface area (Å²) in [6.45, 7) is 3.26. The van der Waals surface area contributed by atoms with Crippen molar-refractivity contribution >= 4 is 22.6 Å². The van der Waals surface area contributed by atoms with Gasteiger partial charge in [-0.25, -0.2) is 0 Å². The molecule has 1 heterocycles. The van der Waals surface area contributed by atoms with Crippen molar-refractivity contribution in [3.05, 3.63) is 0 Å². The summed E-state index contributed by atoms with van der Waals surface area (Å²) in [5, 5.41) is 0. The van der Waals surface area contributed by atoms with E-state index in [4.69, 9.17) is 4.74 Å². The van der Waals surface area contributed by atoms with E-state index in [9.17, 15) is 0 Å². The van der Waals surface area contributed by atoms with Crippen LogP contribution in [-0.2, 0) is 4.74 Å². The van der Waals surface area contributed by atoms with Crippen LogP contribution in [0.1, 0.15) is 45.4 Å². The highest BCUT2D eigenvalue weighted by Gasteiger charge is 2.22. The molecule has 0 aliphatic carbocycles. The molecule has 72 valence electrons. The monoisotopic (exact) mass is 282 g/mol. The molecule has 0 N–H and O–H groups in total. The van der Waals surface area contributed by atoms with E-state index in [0.717, 1.165) is 10.5 Å². The fraction of sp³-hybridized carbons (Fsp3) is 1.00. The molecular formula is C10H19IO. The molecule has 1 rings (SSSR count). The lowest BCUT2D eigenvalue weighted by molar-refractivity contribution is 0.110. The van der Waals surface area contributed by atoms with E-state index in [2.05, 4.69) is 29.5 Å². The van der Waals surface area contributed by atoms with Crippen molar-refractivity contribution in [2.75, 3.05) is 6.61 Å². The molecule has 2 atom stereocenters. The topological polar surface area (TPSA) is 9.23 Å². The first-order valence-corrected chi connectivity index (χ1v) is 6.35. The molecule has 0 saturated carbocycles. The maximum atomic E-state index is 5.64. The largest absolute Gasteiger partial charge is 0.377 e. The van der Waals surface area contributed by atoms with Gasteiger partial charge in [0.2, 0.25) is 0 Å². The first-order valence-electron chi connectivity index (χ1n) is 5.10. The van der Waals surface area contributed by atoms with Gasteiger partial charge >= 0.3 is 0 Å². The maximum absolute atomic E-state index is 5.64. The van der Waals surface area contributed by atoms with Crippen molar-refractivity contribution in [3.8, 4) is 0 Å². The first kappa shape index (κ1) is 10.8. The summed E-state index contributed by atoms with van der Waals surface area (Å²) < 4.78 is 6.40. The van der Waals surface area contributed by atoms with E-state index in [0.29, 0.717) is 6.10 Å². The van der Waals surface area contributed by atoms with Crippen LogP contribution in [0.2, 0.25) is 0 Å². The molecule has 0 bridgehead atoms. The molecule has 0 aromatic carbocycles. The number of hydrogen-bond donors (Lipinski definition) is 0. The predicted molar refractivity (Wildman–Crippen MR) is 60.9 cm³/mol. The third kappa shape index (κ3) is 3.60. The molecule has 0 aromatic heterocycles. The summed E-state index contributed by atoms with van der Waals surface area (Å²) in [6, 6.07) is 0. The third-order valence-corrected chi connectivity index (χ3v) is 3.88. The highest BCUT2D eigenvalue weighted by atomic mass is 127. The molecular weight excluding hydrogens is 263 g/mol. The van der Waals surface area contributed by atoms with Gasteiger partial charge in [-0.05, 0) is 19.3 Å². The Morgan fingerprint density at radius 3 is 2.92 bits per heavy atom. The molecule has 1 fully saturated rings. The second-order valence-electron chi connectivity index (χ2n) is 3.56. The van der Waals surface area contributed by atoms with E-state index in [1.807, 2.05) is 0 Å². The lowest BCUT2D eigenvalue weighted by Crippen LogP contribution is -2.18. The highest BCUT2D eigenvalue weighted by molar-refractivity contribution is 14.1. The molecule has 0 aromatic rings. The van der Waals surface area contributed by atoms with Crippen LogP contribution >= 0.6 is 22.6 Å². The number of halogens is 1. The minimum Gasteiger partial charge on any atom is -0.377 e. The zero-order valence-corrected chi connectivity index (χ0v) is 10.0. The molecule has 1 nitrogen and oxygen atoms in total. The lowest BCUT2D eigenvalue weighted by Gasteiger charge is -2.16. The Hall–Kier alpha value is 0.690. The van der Waals surface area contributed by atoms with Gasteiger partial charge in [0.05, 0.1) is 6.10 Å². The molecule has 12 heavy (non-hydrogen) atoms. The van der Waals surface area contributed by atoms with Crippen LogP contribution in [0, 0.1) is 0 Å². The standard InChI is InChI=1S/C10H19IO/c1-2-3-4-6-9(11)10-7-5-8-12-10/h9-10H,2-8H2,1H3/t9-,10-/m0/s1. The Kier molecular flexibility index (Phi) is 5.56. The zero-order chi connectivity index (χ0) is 8.81. The van der Waals surface area contributed by atoms with Crippen molar-refractivity contribution in [1.29, 1.82) is 0 Å². The number of unbranched alkanes of at least 4 members (excludes halogenated alkanes) is 2. The summed E-state index contributed by atoms with van der Waals surface area (Å²) >= 11 is 2.56. The van der Waals surface area contributed by atoms with Gasteiger partial charge in [0, 0.05) is 10.5 Å². The molecule has 1 saturated heterocycles. The van der Waals surface area contributed by atoms with Crippen molar-refractivity contribution in [1.82, 2.24) is 0 Å². The summed E-state index contributed by atoms with van der Waals surface area (Å²) in [5.41, 5.74) is 0. The molecule has 0 unspecified atom stereocenters. The lowest BCUT2D eigenvalue weighted by atomic mass is 10.1. The summed E-state index contributed by atoms with van der Waals surface area (Å²) in [5.74, 6) is 0.